The summed E-state index contributed by atoms with van der Waals surface area (Å²) >= 11 is 0. The van der Waals surface area contributed by atoms with Gasteiger partial charge in [0.15, 0.2) is 0 Å². The monoisotopic (exact) mass is 523 g/mol. The maximum Gasteiger partial charge on any atom is 0.0579 e. The van der Waals surface area contributed by atoms with E-state index in [2.05, 4.69) is 54.5 Å². The van der Waals surface area contributed by atoms with Crippen molar-refractivity contribution in [2.45, 2.75) is 146 Å². The fourth-order valence-electron chi connectivity index (χ4n) is 9.91. The van der Waals surface area contributed by atoms with Crippen LogP contribution in [-0.4, -0.2) is 34.6 Å². The van der Waals surface area contributed by atoms with Crippen LogP contribution in [0.4, 0.5) is 0 Å². The van der Waals surface area contributed by atoms with Gasteiger partial charge in [0.25, 0.3) is 0 Å². The van der Waals surface area contributed by atoms with Crippen molar-refractivity contribution in [1.29, 1.82) is 0 Å². The van der Waals surface area contributed by atoms with Crippen LogP contribution in [0.1, 0.15) is 134 Å². The van der Waals surface area contributed by atoms with Crippen LogP contribution < -0.4 is 0 Å². The molecule has 4 aliphatic carbocycles. The lowest BCUT2D eigenvalue weighted by molar-refractivity contribution is -0.228. The zero-order chi connectivity index (χ0) is 28.8. The molecule has 4 saturated carbocycles. The molecule has 4 aliphatic rings. The first-order valence-electron chi connectivity index (χ1n) is 15.9. The van der Waals surface area contributed by atoms with E-state index in [4.69, 9.17) is 5.11 Å². The van der Waals surface area contributed by atoms with Crippen molar-refractivity contribution >= 4 is 0 Å². The summed E-state index contributed by atoms with van der Waals surface area (Å²) in [7, 11) is 1.00. The van der Waals surface area contributed by atoms with E-state index in [-0.39, 0.29) is 23.0 Å². The number of hydrogen-bond acceptors (Lipinski definition) is 3. The van der Waals surface area contributed by atoms with Crippen molar-refractivity contribution in [3.63, 3.8) is 0 Å². The maximum atomic E-state index is 11.7. The van der Waals surface area contributed by atoms with Gasteiger partial charge in [-0.1, -0.05) is 74.0 Å². The van der Waals surface area contributed by atoms with Gasteiger partial charge in [0.2, 0.25) is 0 Å². The summed E-state index contributed by atoms with van der Waals surface area (Å²) in [6, 6.07) is 0. The quantitative estimate of drug-likeness (QED) is 0.324. The number of rotatable bonds is 4. The van der Waals surface area contributed by atoms with Gasteiger partial charge in [-0.15, -0.1) is 0 Å². The first-order chi connectivity index (χ1) is 17.5. The van der Waals surface area contributed by atoms with Crippen LogP contribution in [-0.2, 0) is 0 Å². The van der Waals surface area contributed by atoms with Crippen LogP contribution in [0.25, 0.3) is 0 Å². The zero-order valence-electron chi connectivity index (χ0n) is 26.9. The Bertz CT molecular complexity index is 699. The Morgan fingerprint density at radius 3 is 2.00 bits per heavy atom. The molecule has 0 aromatic carbocycles. The van der Waals surface area contributed by atoms with E-state index in [1.165, 1.54) is 44.1 Å². The smallest absolute Gasteiger partial charge is 0.0579 e. The largest absolute Gasteiger partial charge is 0.400 e. The predicted molar refractivity (Wildman–Crippen MR) is 160 cm³/mol. The van der Waals surface area contributed by atoms with Crippen molar-refractivity contribution in [3.05, 3.63) is 11.6 Å². The molecule has 0 spiro atoms. The number of allylic oxidation sites excluding steroid dienone is 2. The SMILES string of the molecule is CC.CC.CC(C)=CCCC(C)C1CC[C@]2(C)C1C(O)CC1C3(C)CCC(O)[C@@H](C)C3CCC12C.CO. The molecular weight excluding hydrogens is 456 g/mol. The van der Waals surface area contributed by atoms with Crippen molar-refractivity contribution < 1.29 is 15.3 Å². The molecule has 37 heavy (non-hydrogen) atoms. The summed E-state index contributed by atoms with van der Waals surface area (Å²) in [5, 5.41) is 29.3. The summed E-state index contributed by atoms with van der Waals surface area (Å²) in [6.45, 7) is 24.9. The van der Waals surface area contributed by atoms with Crippen molar-refractivity contribution in [2.24, 2.45) is 51.8 Å². The summed E-state index contributed by atoms with van der Waals surface area (Å²) < 4.78 is 0. The second-order valence-electron chi connectivity index (χ2n) is 13.4. The van der Waals surface area contributed by atoms with E-state index in [1.54, 1.807) is 0 Å². The summed E-state index contributed by atoms with van der Waals surface area (Å²) in [6.07, 6.45) is 12.8. The minimum atomic E-state index is -0.154. The molecule has 4 rings (SSSR count). The molecule has 0 radical (unpaired) electrons. The molecular formula is C34H66O3. The van der Waals surface area contributed by atoms with Gasteiger partial charge in [-0.2, -0.15) is 0 Å². The Morgan fingerprint density at radius 1 is 0.865 bits per heavy atom. The Kier molecular flexibility index (Phi) is 13.4. The highest BCUT2D eigenvalue weighted by Gasteiger charge is 2.69. The van der Waals surface area contributed by atoms with Gasteiger partial charge in [-0.25, -0.2) is 0 Å². The standard InChI is InChI=1S/C29H50O2.2C2H6.CH4O/c1-18(2)9-8-10-19(3)21-11-15-29(7)26(21)24(31)17-25-27(5)14-13-23(30)20(4)22(27)12-16-28(25,29)6;3*1-2/h9,19-26,30-31H,8,10-17H2,1-7H3;2*1-2H3;2H,1H3/t19?,20-,21?,22?,23?,24?,25?,26?,27?,28?,29+;;;/m0.../s1. The van der Waals surface area contributed by atoms with Crippen LogP contribution in [0, 0.1) is 51.8 Å². The van der Waals surface area contributed by atoms with Crippen molar-refractivity contribution in [1.82, 2.24) is 0 Å². The third-order valence-electron chi connectivity index (χ3n) is 11.9. The molecule has 9 unspecified atom stereocenters. The highest BCUT2D eigenvalue weighted by molar-refractivity contribution is 5.18. The van der Waals surface area contributed by atoms with Gasteiger partial charge in [-0.05, 0) is 123 Å². The van der Waals surface area contributed by atoms with E-state index in [1.807, 2.05) is 27.7 Å². The molecule has 0 aliphatic heterocycles. The van der Waals surface area contributed by atoms with E-state index >= 15 is 0 Å². The average Bonchev–Trinajstić information content (AvgIpc) is 3.27. The summed E-state index contributed by atoms with van der Waals surface area (Å²) in [4.78, 5) is 0. The van der Waals surface area contributed by atoms with E-state index in [0.29, 0.717) is 40.9 Å². The fourth-order valence-corrected chi connectivity index (χ4v) is 9.91. The van der Waals surface area contributed by atoms with Gasteiger partial charge in [0.05, 0.1) is 12.2 Å². The Morgan fingerprint density at radius 2 is 1.43 bits per heavy atom. The molecule has 0 amide bonds. The second kappa shape index (κ2) is 14.3. The average molecular weight is 523 g/mol. The molecule has 3 nitrogen and oxygen atoms in total. The Hall–Kier alpha value is -0.380. The number of aliphatic hydroxyl groups is 3. The van der Waals surface area contributed by atoms with Gasteiger partial charge in [-0.3, -0.25) is 0 Å². The lowest BCUT2D eigenvalue weighted by atomic mass is 9.36. The topological polar surface area (TPSA) is 60.7 Å². The predicted octanol–water partition coefficient (Wildman–Crippen LogP) is 8.66. The lowest BCUT2D eigenvalue weighted by Crippen LogP contribution is -2.64. The van der Waals surface area contributed by atoms with Crippen LogP contribution in [0.15, 0.2) is 11.6 Å². The fraction of sp³-hybridized carbons (Fsp3) is 0.941. The molecule has 0 aromatic heterocycles. The molecule has 0 heterocycles. The van der Waals surface area contributed by atoms with E-state index < -0.39 is 0 Å². The second-order valence-corrected chi connectivity index (χ2v) is 13.4. The third-order valence-corrected chi connectivity index (χ3v) is 11.9. The van der Waals surface area contributed by atoms with Gasteiger partial charge >= 0.3 is 0 Å². The first kappa shape index (κ1) is 34.6. The summed E-state index contributed by atoms with van der Waals surface area (Å²) in [5.41, 5.74) is 2.26. The van der Waals surface area contributed by atoms with Crippen LogP contribution in [0.2, 0.25) is 0 Å². The van der Waals surface area contributed by atoms with Crippen LogP contribution >= 0.6 is 0 Å². The first-order valence-corrected chi connectivity index (χ1v) is 15.9. The molecule has 3 N–H and O–H groups in total. The molecule has 0 aromatic rings. The zero-order valence-corrected chi connectivity index (χ0v) is 26.9. The highest BCUT2D eigenvalue weighted by atomic mass is 16.3. The number of fused-ring (bicyclic) bond motifs is 5. The Labute approximate surface area is 231 Å². The van der Waals surface area contributed by atoms with Crippen LogP contribution in [0.5, 0.6) is 0 Å². The normalized spacial score (nSPS) is 44.6. The molecule has 4 fully saturated rings. The molecule has 0 bridgehead atoms. The Balaban J connectivity index is 0.00000106. The van der Waals surface area contributed by atoms with E-state index in [0.717, 1.165) is 26.4 Å². The number of hydrogen-bond donors (Lipinski definition) is 3. The minimum absolute atomic E-state index is 0.128. The van der Waals surface area contributed by atoms with E-state index in [9.17, 15) is 10.2 Å². The minimum Gasteiger partial charge on any atom is -0.400 e. The van der Waals surface area contributed by atoms with Crippen molar-refractivity contribution in [2.75, 3.05) is 7.11 Å². The highest BCUT2D eigenvalue weighted by Crippen LogP contribution is 2.74. The van der Waals surface area contributed by atoms with Crippen molar-refractivity contribution in [3.8, 4) is 0 Å². The van der Waals surface area contributed by atoms with Gasteiger partial charge in [0, 0.05) is 7.11 Å². The van der Waals surface area contributed by atoms with Gasteiger partial charge < -0.3 is 15.3 Å². The molecule has 220 valence electrons. The molecule has 3 heteroatoms. The molecule has 0 saturated heterocycles. The summed E-state index contributed by atoms with van der Waals surface area (Å²) in [5.74, 6) is 3.42. The molecule has 11 atom stereocenters. The third kappa shape index (κ3) is 6.19. The van der Waals surface area contributed by atoms with Gasteiger partial charge in [0.1, 0.15) is 0 Å². The van der Waals surface area contributed by atoms with Crippen LogP contribution in [0.3, 0.4) is 0 Å². The number of aliphatic hydroxyl groups excluding tert-OH is 3. The lowest BCUT2D eigenvalue weighted by Gasteiger charge is -2.69. The maximum absolute atomic E-state index is 11.7.